The molecular formula is C14H18ClN3. The summed E-state index contributed by atoms with van der Waals surface area (Å²) in [5.74, 6) is 2.42. The van der Waals surface area contributed by atoms with Crippen molar-refractivity contribution in [1.82, 2.24) is 15.3 Å². The van der Waals surface area contributed by atoms with Crippen molar-refractivity contribution < 1.29 is 0 Å². The molecule has 3 nitrogen and oxygen atoms in total. The summed E-state index contributed by atoms with van der Waals surface area (Å²) in [6, 6.07) is 4.66. The topological polar surface area (TPSA) is 40.7 Å². The maximum absolute atomic E-state index is 4.56. The minimum absolute atomic E-state index is 0. The Morgan fingerprint density at radius 2 is 1.78 bits per heavy atom. The predicted molar refractivity (Wildman–Crippen MR) is 75.7 cm³/mol. The van der Waals surface area contributed by atoms with Gasteiger partial charge in [0.1, 0.15) is 5.82 Å². The van der Waals surface area contributed by atoms with Crippen LogP contribution in [0.25, 0.3) is 11.0 Å². The Labute approximate surface area is 113 Å². The number of aromatic nitrogens is 2. The molecule has 0 radical (unpaired) electrons. The number of nitrogens with zero attached hydrogens (tertiary/aromatic N) is 1. The molecule has 1 aromatic carbocycles. The Morgan fingerprint density at radius 1 is 1.11 bits per heavy atom. The zero-order valence-corrected chi connectivity index (χ0v) is 11.3. The van der Waals surface area contributed by atoms with Crippen LogP contribution in [0.2, 0.25) is 0 Å². The number of rotatable bonds is 0. The number of benzene rings is 1. The highest BCUT2D eigenvalue weighted by molar-refractivity contribution is 5.85. The van der Waals surface area contributed by atoms with E-state index in [2.05, 4.69) is 27.4 Å². The third kappa shape index (κ3) is 1.65. The van der Waals surface area contributed by atoms with Crippen LogP contribution >= 0.6 is 12.4 Å². The number of aromatic amines is 1. The predicted octanol–water partition coefficient (Wildman–Crippen LogP) is 2.86. The molecule has 2 aromatic rings. The Hall–Kier alpha value is -1.06. The van der Waals surface area contributed by atoms with E-state index in [-0.39, 0.29) is 12.4 Å². The van der Waals surface area contributed by atoms with Crippen LogP contribution in [0.4, 0.5) is 0 Å². The van der Waals surface area contributed by atoms with Crippen molar-refractivity contribution in [1.29, 1.82) is 0 Å². The van der Waals surface area contributed by atoms with E-state index in [9.17, 15) is 0 Å². The van der Waals surface area contributed by atoms with E-state index < -0.39 is 0 Å². The van der Waals surface area contributed by atoms with E-state index in [1.54, 1.807) is 11.1 Å². The quantitative estimate of drug-likeness (QED) is 0.767. The smallest absolute Gasteiger partial charge is 0.104 e. The van der Waals surface area contributed by atoms with E-state index in [1.165, 1.54) is 18.4 Å². The fourth-order valence-electron chi connectivity index (χ4n) is 3.49. The summed E-state index contributed by atoms with van der Waals surface area (Å²) in [6.45, 7) is 4.31. The Morgan fingerprint density at radius 3 is 2.50 bits per heavy atom. The summed E-state index contributed by atoms with van der Waals surface area (Å²) in [6.07, 6.45) is 2.67. The molecule has 0 spiro atoms. The van der Waals surface area contributed by atoms with E-state index in [4.69, 9.17) is 0 Å². The zero-order valence-electron chi connectivity index (χ0n) is 10.5. The first-order chi connectivity index (χ1) is 8.31. The van der Waals surface area contributed by atoms with Gasteiger partial charge in [0.15, 0.2) is 0 Å². The van der Waals surface area contributed by atoms with Crippen molar-refractivity contribution in [3.63, 3.8) is 0 Å². The van der Waals surface area contributed by atoms with E-state index in [1.807, 2.05) is 6.92 Å². The minimum Gasteiger partial charge on any atom is -0.342 e. The van der Waals surface area contributed by atoms with Crippen molar-refractivity contribution in [2.24, 2.45) is 0 Å². The van der Waals surface area contributed by atoms with Gasteiger partial charge in [-0.3, -0.25) is 0 Å². The number of fused-ring (bicyclic) bond motifs is 4. The second-order valence-electron chi connectivity index (χ2n) is 5.45. The summed E-state index contributed by atoms with van der Waals surface area (Å²) in [5.41, 5.74) is 5.44. The molecule has 1 aromatic heterocycles. The molecule has 2 N–H and O–H groups in total. The first-order valence-electron chi connectivity index (χ1n) is 6.52. The molecule has 18 heavy (non-hydrogen) atoms. The van der Waals surface area contributed by atoms with Gasteiger partial charge >= 0.3 is 0 Å². The molecule has 3 heterocycles. The van der Waals surface area contributed by atoms with Gasteiger partial charge in [0.2, 0.25) is 0 Å². The summed E-state index contributed by atoms with van der Waals surface area (Å²) in [4.78, 5) is 7.92. The average Bonchev–Trinajstić information content (AvgIpc) is 2.52. The van der Waals surface area contributed by atoms with Gasteiger partial charge < -0.3 is 10.3 Å². The van der Waals surface area contributed by atoms with Crippen LogP contribution in [-0.2, 0) is 0 Å². The van der Waals surface area contributed by atoms with Gasteiger partial charge in [-0.05, 0) is 54.9 Å². The summed E-state index contributed by atoms with van der Waals surface area (Å²) >= 11 is 0. The normalized spacial score (nSPS) is 25.6. The highest BCUT2D eigenvalue weighted by Crippen LogP contribution is 2.41. The van der Waals surface area contributed by atoms with Crippen molar-refractivity contribution >= 4 is 23.4 Å². The number of imidazole rings is 1. The summed E-state index contributed by atoms with van der Waals surface area (Å²) < 4.78 is 0. The molecule has 2 bridgehead atoms. The third-order valence-electron chi connectivity index (χ3n) is 4.33. The standard InChI is InChI=1S/C14H17N3.ClH/c1-8-16-13-4-11-9-2-3-10(7-15-6-9)12(11)5-14(13)17-8;/h4-5,9-10,15H,2-3,6-7H2,1H3,(H,16,17);1H. The fraction of sp³-hybridized carbons (Fsp3) is 0.500. The van der Waals surface area contributed by atoms with Crippen LogP contribution in [0.5, 0.6) is 0 Å². The maximum atomic E-state index is 4.56. The molecule has 2 unspecified atom stereocenters. The van der Waals surface area contributed by atoms with Crippen molar-refractivity contribution in [3.05, 3.63) is 29.1 Å². The van der Waals surface area contributed by atoms with Crippen LogP contribution in [0.3, 0.4) is 0 Å². The molecule has 2 aliphatic heterocycles. The number of hydrogen-bond acceptors (Lipinski definition) is 2. The Bertz CT molecular complexity index is 537. The first-order valence-corrected chi connectivity index (χ1v) is 6.52. The zero-order chi connectivity index (χ0) is 11.4. The van der Waals surface area contributed by atoms with Crippen molar-refractivity contribution in [2.75, 3.05) is 13.1 Å². The largest absolute Gasteiger partial charge is 0.342 e. The third-order valence-corrected chi connectivity index (χ3v) is 4.33. The molecule has 96 valence electrons. The summed E-state index contributed by atoms with van der Waals surface area (Å²) in [5, 5.41) is 3.58. The highest BCUT2D eigenvalue weighted by Gasteiger charge is 2.30. The highest BCUT2D eigenvalue weighted by atomic mass is 35.5. The SMILES string of the molecule is Cc1nc2cc3c(cc2[nH]1)C1CCC3CNC1.Cl. The van der Waals surface area contributed by atoms with Crippen LogP contribution in [0.1, 0.15) is 41.6 Å². The molecule has 0 amide bonds. The van der Waals surface area contributed by atoms with E-state index >= 15 is 0 Å². The molecule has 2 atom stereocenters. The van der Waals surface area contributed by atoms with Crippen LogP contribution in [-0.4, -0.2) is 23.1 Å². The molecule has 4 heteroatoms. The van der Waals surface area contributed by atoms with E-state index in [0.717, 1.165) is 24.4 Å². The van der Waals surface area contributed by atoms with Gasteiger partial charge in [-0.25, -0.2) is 4.98 Å². The second kappa shape index (κ2) is 4.25. The van der Waals surface area contributed by atoms with Crippen molar-refractivity contribution in [2.45, 2.75) is 31.6 Å². The average molecular weight is 264 g/mol. The number of nitrogens with one attached hydrogen (secondary N) is 2. The first kappa shape index (κ1) is 12.0. The minimum atomic E-state index is 0. The number of hydrogen-bond donors (Lipinski definition) is 2. The second-order valence-corrected chi connectivity index (χ2v) is 5.45. The monoisotopic (exact) mass is 263 g/mol. The fourth-order valence-corrected chi connectivity index (χ4v) is 3.49. The van der Waals surface area contributed by atoms with Gasteiger partial charge in [0.05, 0.1) is 11.0 Å². The van der Waals surface area contributed by atoms with Gasteiger partial charge in [-0.2, -0.15) is 0 Å². The summed E-state index contributed by atoms with van der Waals surface area (Å²) in [7, 11) is 0. The maximum Gasteiger partial charge on any atom is 0.104 e. The molecule has 1 fully saturated rings. The lowest BCUT2D eigenvalue weighted by Crippen LogP contribution is -2.18. The van der Waals surface area contributed by atoms with E-state index in [0.29, 0.717) is 11.8 Å². The van der Waals surface area contributed by atoms with Gasteiger partial charge in [0, 0.05) is 13.1 Å². The molecule has 1 saturated heterocycles. The lowest BCUT2D eigenvalue weighted by atomic mass is 9.78. The Kier molecular flexibility index (Phi) is 2.83. The molecule has 5 rings (SSSR count). The van der Waals surface area contributed by atoms with Crippen LogP contribution < -0.4 is 5.32 Å². The number of halogens is 1. The number of H-pyrrole nitrogens is 1. The van der Waals surface area contributed by atoms with Crippen LogP contribution in [0, 0.1) is 6.92 Å². The Balaban J connectivity index is 0.000001000. The molecule has 1 aliphatic carbocycles. The van der Waals surface area contributed by atoms with Gasteiger partial charge in [0.25, 0.3) is 0 Å². The molecule has 0 saturated carbocycles. The van der Waals surface area contributed by atoms with Crippen molar-refractivity contribution in [3.8, 4) is 0 Å². The lowest BCUT2D eigenvalue weighted by Gasteiger charge is -2.26. The molecule has 3 aliphatic rings. The molecular weight excluding hydrogens is 246 g/mol. The van der Waals surface area contributed by atoms with Crippen LogP contribution in [0.15, 0.2) is 12.1 Å². The van der Waals surface area contributed by atoms with Gasteiger partial charge in [-0.1, -0.05) is 0 Å². The lowest BCUT2D eigenvalue weighted by molar-refractivity contribution is 0.550. The van der Waals surface area contributed by atoms with Gasteiger partial charge in [-0.15, -0.1) is 12.4 Å². The number of aryl methyl sites for hydroxylation is 1.